The molecule has 1 heterocycles. The molecular formula is C13H20N2O2S. The molecule has 1 saturated heterocycles. The fourth-order valence-electron chi connectivity index (χ4n) is 2.69. The minimum atomic E-state index is -0.638. The molecule has 1 aliphatic carbocycles. The molecule has 5 heteroatoms. The summed E-state index contributed by atoms with van der Waals surface area (Å²) in [5.74, 6) is 1.05. The molecule has 0 radical (unpaired) electrons. The Labute approximate surface area is 113 Å². The monoisotopic (exact) mass is 268 g/mol. The van der Waals surface area contributed by atoms with Gasteiger partial charge in [0, 0.05) is 5.75 Å². The average Bonchev–Trinajstić information content (AvgIpc) is 2.58. The first kappa shape index (κ1) is 13.5. The second-order valence-corrected chi connectivity index (χ2v) is 5.81. The number of hydrogen-bond donors (Lipinski definition) is 2. The van der Waals surface area contributed by atoms with Crippen molar-refractivity contribution in [3.8, 4) is 0 Å². The molecule has 0 atom stereocenters. The number of urea groups is 1. The maximum Gasteiger partial charge on any atom is 0.325 e. The van der Waals surface area contributed by atoms with Gasteiger partial charge in [0.15, 0.2) is 0 Å². The molecule has 0 bridgehead atoms. The normalized spacial score (nSPS) is 31.9. The van der Waals surface area contributed by atoms with Crippen LogP contribution >= 0.6 is 12.6 Å². The molecule has 0 unspecified atom stereocenters. The van der Waals surface area contributed by atoms with E-state index in [1.807, 2.05) is 0 Å². The second kappa shape index (κ2) is 4.96. The van der Waals surface area contributed by atoms with Crippen LogP contribution < -0.4 is 5.32 Å². The molecule has 0 aromatic rings. The third kappa shape index (κ3) is 2.28. The summed E-state index contributed by atoms with van der Waals surface area (Å²) in [6.45, 7) is 6.27. The quantitative estimate of drug-likeness (QED) is 0.467. The molecule has 1 N–H and O–H groups in total. The number of nitrogens with one attached hydrogen (secondary N) is 1. The predicted molar refractivity (Wildman–Crippen MR) is 73.6 cm³/mol. The number of hydrogen-bond acceptors (Lipinski definition) is 3. The molecule has 1 saturated carbocycles. The smallest absolute Gasteiger partial charge is 0.323 e. The number of carbonyl (C=O) groups excluding carboxylic acids is 2. The maximum atomic E-state index is 12.4. The Bertz CT molecular complexity index is 386. The molecule has 18 heavy (non-hydrogen) atoms. The van der Waals surface area contributed by atoms with E-state index in [0.29, 0.717) is 11.7 Å². The average molecular weight is 268 g/mol. The zero-order valence-corrected chi connectivity index (χ0v) is 11.6. The van der Waals surface area contributed by atoms with Crippen LogP contribution in [-0.2, 0) is 4.79 Å². The summed E-state index contributed by atoms with van der Waals surface area (Å²) in [6.07, 6.45) is 3.49. The first-order chi connectivity index (χ1) is 8.48. The van der Waals surface area contributed by atoms with Crippen LogP contribution in [0.25, 0.3) is 0 Å². The van der Waals surface area contributed by atoms with E-state index in [4.69, 9.17) is 0 Å². The Morgan fingerprint density at radius 1 is 1.50 bits per heavy atom. The van der Waals surface area contributed by atoms with Crippen LogP contribution in [0.5, 0.6) is 0 Å². The summed E-state index contributed by atoms with van der Waals surface area (Å²) in [4.78, 5) is 25.6. The van der Waals surface area contributed by atoms with Gasteiger partial charge in [-0.2, -0.15) is 12.6 Å². The molecular weight excluding hydrogens is 248 g/mol. The Kier molecular flexibility index (Phi) is 3.71. The Morgan fingerprint density at radius 2 is 2.11 bits per heavy atom. The lowest BCUT2D eigenvalue weighted by atomic mass is 9.77. The second-order valence-electron chi connectivity index (χ2n) is 5.49. The number of carbonyl (C=O) groups is 2. The molecule has 100 valence electrons. The third-order valence-corrected chi connectivity index (χ3v) is 4.43. The first-order valence-corrected chi connectivity index (χ1v) is 7.03. The van der Waals surface area contributed by atoms with Crippen molar-refractivity contribution in [1.29, 1.82) is 0 Å². The molecule has 0 aromatic heterocycles. The van der Waals surface area contributed by atoms with Gasteiger partial charge < -0.3 is 5.32 Å². The summed E-state index contributed by atoms with van der Waals surface area (Å²) >= 11 is 4.11. The van der Waals surface area contributed by atoms with Crippen LogP contribution in [0.1, 0.15) is 32.6 Å². The van der Waals surface area contributed by atoms with Crippen LogP contribution in [0.15, 0.2) is 12.2 Å². The number of thiol groups is 1. The Balaban J connectivity index is 2.11. The summed E-state index contributed by atoms with van der Waals surface area (Å²) in [6, 6.07) is -0.280. The SMILES string of the molecule is C=C(CS)CN1C(=O)NC2(CCC(C)CC2)C1=O. The molecule has 4 nitrogen and oxygen atoms in total. The fraction of sp³-hybridized carbons (Fsp3) is 0.692. The van der Waals surface area contributed by atoms with Gasteiger partial charge in [0.2, 0.25) is 0 Å². The highest BCUT2D eigenvalue weighted by Crippen LogP contribution is 2.36. The van der Waals surface area contributed by atoms with Gasteiger partial charge >= 0.3 is 6.03 Å². The van der Waals surface area contributed by atoms with Crippen LogP contribution in [0, 0.1) is 5.92 Å². The summed E-state index contributed by atoms with van der Waals surface area (Å²) in [5, 5.41) is 2.89. The van der Waals surface area contributed by atoms with E-state index in [0.717, 1.165) is 31.3 Å². The molecule has 0 aromatic carbocycles. The van der Waals surface area contributed by atoms with Gasteiger partial charge in [0.1, 0.15) is 5.54 Å². The zero-order valence-electron chi connectivity index (χ0n) is 10.7. The number of nitrogens with zero attached hydrogens (tertiary/aromatic N) is 1. The standard InChI is InChI=1S/C13H20N2O2S/c1-9-3-5-13(6-4-9)11(16)15(12(17)14-13)7-10(2)8-18/h9,18H,2-8H2,1H3,(H,14,17). The maximum absolute atomic E-state index is 12.4. The number of rotatable bonds is 3. The minimum Gasteiger partial charge on any atom is -0.323 e. The van der Waals surface area contributed by atoms with E-state index < -0.39 is 5.54 Å². The van der Waals surface area contributed by atoms with Crippen molar-refractivity contribution in [2.75, 3.05) is 12.3 Å². The van der Waals surface area contributed by atoms with E-state index >= 15 is 0 Å². The summed E-state index contributed by atoms with van der Waals surface area (Å²) < 4.78 is 0. The lowest BCUT2D eigenvalue weighted by Crippen LogP contribution is -2.49. The minimum absolute atomic E-state index is 0.0812. The fourth-order valence-corrected chi connectivity index (χ4v) is 2.79. The largest absolute Gasteiger partial charge is 0.325 e. The van der Waals surface area contributed by atoms with Crippen molar-refractivity contribution in [3.63, 3.8) is 0 Å². The van der Waals surface area contributed by atoms with Crippen molar-refractivity contribution in [1.82, 2.24) is 10.2 Å². The highest BCUT2D eigenvalue weighted by Gasteiger charge is 2.51. The van der Waals surface area contributed by atoms with Crippen LogP contribution in [0.4, 0.5) is 4.79 Å². The van der Waals surface area contributed by atoms with Gasteiger partial charge in [-0.15, -0.1) is 0 Å². The Hall–Kier alpha value is -0.970. The van der Waals surface area contributed by atoms with E-state index in [9.17, 15) is 9.59 Å². The lowest BCUT2D eigenvalue weighted by Gasteiger charge is -2.33. The zero-order chi connectivity index (χ0) is 13.3. The predicted octanol–water partition coefficient (Wildman–Crippen LogP) is 1.97. The number of imide groups is 1. The molecule has 2 aliphatic rings. The van der Waals surface area contributed by atoms with Gasteiger partial charge in [-0.1, -0.05) is 13.5 Å². The number of amides is 3. The molecule has 1 aliphatic heterocycles. The Morgan fingerprint density at radius 3 is 2.67 bits per heavy atom. The molecule has 1 spiro atoms. The highest BCUT2D eigenvalue weighted by atomic mass is 32.1. The third-order valence-electron chi connectivity index (χ3n) is 3.98. The van der Waals surface area contributed by atoms with Crippen LogP contribution in [0.2, 0.25) is 0 Å². The van der Waals surface area contributed by atoms with Gasteiger partial charge in [0.25, 0.3) is 5.91 Å². The van der Waals surface area contributed by atoms with Gasteiger partial charge in [0.05, 0.1) is 6.54 Å². The van der Waals surface area contributed by atoms with Crippen molar-refractivity contribution in [2.24, 2.45) is 5.92 Å². The van der Waals surface area contributed by atoms with E-state index in [-0.39, 0.29) is 18.5 Å². The van der Waals surface area contributed by atoms with E-state index in [1.54, 1.807) is 0 Å². The van der Waals surface area contributed by atoms with Crippen molar-refractivity contribution in [3.05, 3.63) is 12.2 Å². The van der Waals surface area contributed by atoms with E-state index in [2.05, 4.69) is 31.4 Å². The van der Waals surface area contributed by atoms with Gasteiger partial charge in [-0.3, -0.25) is 9.69 Å². The summed E-state index contributed by atoms with van der Waals surface area (Å²) in [5.41, 5.74) is 0.142. The van der Waals surface area contributed by atoms with Crippen molar-refractivity contribution >= 4 is 24.6 Å². The van der Waals surface area contributed by atoms with Crippen LogP contribution in [-0.4, -0.2) is 34.7 Å². The van der Waals surface area contributed by atoms with E-state index in [1.165, 1.54) is 4.90 Å². The lowest BCUT2D eigenvalue weighted by molar-refractivity contribution is -0.132. The van der Waals surface area contributed by atoms with Gasteiger partial charge in [-0.05, 0) is 37.2 Å². The van der Waals surface area contributed by atoms with Crippen molar-refractivity contribution < 1.29 is 9.59 Å². The topological polar surface area (TPSA) is 49.4 Å². The first-order valence-electron chi connectivity index (χ1n) is 6.40. The molecule has 2 rings (SSSR count). The summed E-state index contributed by atoms with van der Waals surface area (Å²) in [7, 11) is 0. The van der Waals surface area contributed by atoms with Gasteiger partial charge in [-0.25, -0.2) is 4.79 Å². The molecule has 3 amide bonds. The van der Waals surface area contributed by atoms with Crippen LogP contribution in [0.3, 0.4) is 0 Å². The van der Waals surface area contributed by atoms with Crippen molar-refractivity contribution in [2.45, 2.75) is 38.1 Å². The molecule has 2 fully saturated rings. The highest BCUT2D eigenvalue weighted by molar-refractivity contribution is 7.80.